The minimum atomic E-state index is -0.791. The number of hydrogen-bond donors (Lipinski definition) is 1. The van der Waals surface area contributed by atoms with Gasteiger partial charge in [0.2, 0.25) is 0 Å². The predicted octanol–water partition coefficient (Wildman–Crippen LogP) is 2.62. The van der Waals surface area contributed by atoms with Gasteiger partial charge in [-0.3, -0.25) is 4.79 Å². The number of aryl methyl sites for hydroxylation is 1. The quantitative estimate of drug-likeness (QED) is 0.799. The van der Waals surface area contributed by atoms with Gasteiger partial charge in [-0.15, -0.1) is 0 Å². The summed E-state index contributed by atoms with van der Waals surface area (Å²) in [5.41, 5.74) is 1.79. The van der Waals surface area contributed by atoms with Crippen molar-refractivity contribution in [2.45, 2.75) is 33.3 Å². The van der Waals surface area contributed by atoms with Gasteiger partial charge in [-0.1, -0.05) is 31.2 Å². The summed E-state index contributed by atoms with van der Waals surface area (Å²) >= 11 is 0. The molecule has 0 heterocycles. The van der Waals surface area contributed by atoms with E-state index >= 15 is 0 Å². The number of hydrogen-bond acceptors (Lipinski definition) is 3. The molecule has 0 bridgehead atoms. The first-order chi connectivity index (χ1) is 8.11. The first-order valence-electron chi connectivity index (χ1n) is 6.02. The third-order valence-electron chi connectivity index (χ3n) is 2.92. The van der Waals surface area contributed by atoms with Gasteiger partial charge in [0.1, 0.15) is 0 Å². The second-order valence-electron chi connectivity index (χ2n) is 4.07. The molecule has 0 saturated carbocycles. The molecule has 94 valence electrons. The normalized spacial score (nSPS) is 14.1. The van der Waals surface area contributed by atoms with Crippen LogP contribution in [0.25, 0.3) is 0 Å². The van der Waals surface area contributed by atoms with Crippen molar-refractivity contribution in [2.75, 3.05) is 6.61 Å². The number of rotatable bonds is 5. The summed E-state index contributed by atoms with van der Waals surface area (Å²) < 4.78 is 4.98. The summed E-state index contributed by atoms with van der Waals surface area (Å²) in [6.45, 7) is 5.92. The van der Waals surface area contributed by atoms with Crippen molar-refractivity contribution >= 4 is 5.97 Å². The lowest BCUT2D eigenvalue weighted by Gasteiger charge is -2.21. The topological polar surface area (TPSA) is 46.5 Å². The Balaban J connectivity index is 2.90. The Labute approximate surface area is 102 Å². The highest BCUT2D eigenvalue weighted by molar-refractivity contribution is 5.73. The van der Waals surface area contributed by atoms with Gasteiger partial charge >= 0.3 is 5.97 Å². The van der Waals surface area contributed by atoms with E-state index < -0.39 is 12.0 Å². The molecule has 0 aliphatic rings. The highest BCUT2D eigenvalue weighted by atomic mass is 16.5. The molecule has 0 aliphatic carbocycles. The summed E-state index contributed by atoms with van der Waals surface area (Å²) in [5, 5.41) is 10.3. The summed E-state index contributed by atoms with van der Waals surface area (Å²) in [6, 6.07) is 7.55. The Kier molecular flexibility index (Phi) is 5.16. The Morgan fingerprint density at radius 3 is 2.53 bits per heavy atom. The van der Waals surface area contributed by atoms with Gasteiger partial charge in [0.25, 0.3) is 0 Å². The van der Waals surface area contributed by atoms with E-state index in [1.807, 2.05) is 38.1 Å². The molecule has 0 saturated heterocycles. The fourth-order valence-corrected chi connectivity index (χ4v) is 1.90. The van der Waals surface area contributed by atoms with Crippen molar-refractivity contribution in [3.8, 4) is 0 Å². The zero-order valence-corrected chi connectivity index (χ0v) is 10.6. The average Bonchev–Trinajstić information content (AvgIpc) is 2.30. The highest BCUT2D eigenvalue weighted by Gasteiger charge is 2.28. The van der Waals surface area contributed by atoms with E-state index in [0.29, 0.717) is 13.0 Å². The van der Waals surface area contributed by atoms with Gasteiger partial charge in [-0.2, -0.15) is 0 Å². The monoisotopic (exact) mass is 236 g/mol. The van der Waals surface area contributed by atoms with Crippen LogP contribution in [0.3, 0.4) is 0 Å². The maximum absolute atomic E-state index is 11.7. The lowest BCUT2D eigenvalue weighted by molar-refractivity contribution is -0.152. The molecule has 3 nitrogen and oxygen atoms in total. The first-order valence-corrected chi connectivity index (χ1v) is 6.02. The molecule has 0 amide bonds. The van der Waals surface area contributed by atoms with Gasteiger partial charge < -0.3 is 9.84 Å². The van der Waals surface area contributed by atoms with Crippen LogP contribution in [0.1, 0.15) is 37.5 Å². The van der Waals surface area contributed by atoms with Crippen LogP contribution in [0, 0.1) is 12.8 Å². The zero-order chi connectivity index (χ0) is 12.8. The molecule has 2 atom stereocenters. The Morgan fingerprint density at radius 1 is 1.35 bits per heavy atom. The number of esters is 1. The van der Waals surface area contributed by atoms with Gasteiger partial charge in [0.15, 0.2) is 0 Å². The van der Waals surface area contributed by atoms with E-state index in [1.54, 1.807) is 6.92 Å². The first kappa shape index (κ1) is 13.7. The molecule has 0 aromatic heterocycles. The van der Waals surface area contributed by atoms with Crippen molar-refractivity contribution in [2.24, 2.45) is 5.92 Å². The molecule has 17 heavy (non-hydrogen) atoms. The van der Waals surface area contributed by atoms with Crippen LogP contribution < -0.4 is 0 Å². The van der Waals surface area contributed by atoms with E-state index in [4.69, 9.17) is 4.74 Å². The average molecular weight is 236 g/mol. The Hall–Kier alpha value is -1.35. The van der Waals surface area contributed by atoms with Crippen LogP contribution >= 0.6 is 0 Å². The number of ether oxygens (including phenoxy) is 1. The predicted molar refractivity (Wildman–Crippen MR) is 66.6 cm³/mol. The molecule has 1 rings (SSSR count). The number of carbonyl (C=O) groups is 1. The highest BCUT2D eigenvalue weighted by Crippen LogP contribution is 2.27. The van der Waals surface area contributed by atoms with Gasteiger partial charge in [-0.05, 0) is 31.4 Å². The van der Waals surface area contributed by atoms with E-state index in [0.717, 1.165) is 11.1 Å². The number of carbonyl (C=O) groups excluding carboxylic acids is 1. The maximum Gasteiger partial charge on any atom is 0.311 e. The summed E-state index contributed by atoms with van der Waals surface area (Å²) in [6.07, 6.45) is -0.228. The molecule has 2 unspecified atom stereocenters. The van der Waals surface area contributed by atoms with Crippen molar-refractivity contribution < 1.29 is 14.6 Å². The Morgan fingerprint density at radius 2 is 2.00 bits per heavy atom. The SMILES string of the molecule is CCOC(=O)C(CC)C(O)c1ccccc1C. The third-order valence-corrected chi connectivity index (χ3v) is 2.92. The standard InChI is InChI=1S/C14H20O3/c1-4-11(14(16)17-5-2)13(15)12-9-7-6-8-10(12)3/h6-9,11,13,15H,4-5H2,1-3H3. The van der Waals surface area contributed by atoms with Gasteiger partial charge in [0, 0.05) is 0 Å². The van der Waals surface area contributed by atoms with Crippen LogP contribution in [0.4, 0.5) is 0 Å². The number of aliphatic hydroxyl groups is 1. The molecule has 1 N–H and O–H groups in total. The minimum Gasteiger partial charge on any atom is -0.466 e. The van der Waals surface area contributed by atoms with Crippen molar-refractivity contribution in [1.29, 1.82) is 0 Å². The number of benzene rings is 1. The lowest BCUT2D eigenvalue weighted by Crippen LogP contribution is -2.24. The zero-order valence-electron chi connectivity index (χ0n) is 10.6. The van der Waals surface area contributed by atoms with Crippen LogP contribution in [0.5, 0.6) is 0 Å². The fourth-order valence-electron chi connectivity index (χ4n) is 1.90. The molecule has 1 aromatic rings. The molecule has 0 radical (unpaired) electrons. The summed E-state index contributed by atoms with van der Waals surface area (Å²) in [4.78, 5) is 11.7. The fraction of sp³-hybridized carbons (Fsp3) is 0.500. The molecule has 0 aliphatic heterocycles. The largest absolute Gasteiger partial charge is 0.466 e. The molecule has 0 spiro atoms. The smallest absolute Gasteiger partial charge is 0.311 e. The second-order valence-corrected chi connectivity index (χ2v) is 4.07. The van der Waals surface area contributed by atoms with Crippen LogP contribution in [-0.4, -0.2) is 17.7 Å². The lowest BCUT2D eigenvalue weighted by atomic mass is 9.91. The van der Waals surface area contributed by atoms with Gasteiger partial charge in [0.05, 0.1) is 18.6 Å². The third kappa shape index (κ3) is 3.30. The molecule has 3 heteroatoms. The van der Waals surface area contributed by atoms with E-state index in [1.165, 1.54) is 0 Å². The molecular weight excluding hydrogens is 216 g/mol. The van der Waals surface area contributed by atoms with Gasteiger partial charge in [-0.25, -0.2) is 0 Å². The Bertz CT molecular complexity index is 373. The van der Waals surface area contributed by atoms with Crippen LogP contribution in [-0.2, 0) is 9.53 Å². The van der Waals surface area contributed by atoms with E-state index in [9.17, 15) is 9.90 Å². The van der Waals surface area contributed by atoms with E-state index in [-0.39, 0.29) is 5.97 Å². The molecule has 1 aromatic carbocycles. The molecule has 0 fully saturated rings. The van der Waals surface area contributed by atoms with Crippen LogP contribution in [0.15, 0.2) is 24.3 Å². The summed E-state index contributed by atoms with van der Waals surface area (Å²) in [5.74, 6) is -0.818. The molecular formula is C14H20O3. The number of aliphatic hydroxyl groups excluding tert-OH is 1. The maximum atomic E-state index is 11.7. The second kappa shape index (κ2) is 6.40. The van der Waals surface area contributed by atoms with E-state index in [2.05, 4.69) is 0 Å². The van der Waals surface area contributed by atoms with Crippen molar-refractivity contribution in [3.05, 3.63) is 35.4 Å². The van der Waals surface area contributed by atoms with Crippen molar-refractivity contribution in [3.63, 3.8) is 0 Å². The summed E-state index contributed by atoms with van der Waals surface area (Å²) in [7, 11) is 0. The van der Waals surface area contributed by atoms with Crippen molar-refractivity contribution in [1.82, 2.24) is 0 Å². The minimum absolute atomic E-state index is 0.328. The van der Waals surface area contributed by atoms with Crippen LogP contribution in [0.2, 0.25) is 0 Å².